The highest BCUT2D eigenvalue weighted by Crippen LogP contribution is 2.37. The molecular formula is C14H19F3O3. The molecule has 1 N–H and O–H groups in total. The third-order valence-electron chi connectivity index (χ3n) is 2.86. The topological polar surface area (TPSA) is 38.7 Å². The predicted octanol–water partition coefficient (Wildman–Crippen LogP) is 3.68. The summed E-state index contributed by atoms with van der Waals surface area (Å²) in [6.45, 7) is 5.49. The van der Waals surface area contributed by atoms with Crippen molar-refractivity contribution in [2.24, 2.45) is 5.41 Å². The monoisotopic (exact) mass is 292 g/mol. The van der Waals surface area contributed by atoms with Gasteiger partial charge in [-0.25, -0.2) is 0 Å². The summed E-state index contributed by atoms with van der Waals surface area (Å²) >= 11 is 0. The highest BCUT2D eigenvalue weighted by Gasteiger charge is 2.36. The fraction of sp³-hybridized carbons (Fsp3) is 0.571. The first-order valence-corrected chi connectivity index (χ1v) is 6.12. The zero-order valence-corrected chi connectivity index (χ0v) is 11.9. The Bertz CT molecular complexity index is 438. The van der Waals surface area contributed by atoms with Gasteiger partial charge in [0, 0.05) is 12.7 Å². The SMILES string of the molecule is COC(C(O)c1ccccc1OC(F)(F)F)C(C)(C)C. The lowest BCUT2D eigenvalue weighted by atomic mass is 9.83. The number of hydrogen-bond donors (Lipinski definition) is 1. The van der Waals surface area contributed by atoms with Crippen LogP contribution in [0.2, 0.25) is 0 Å². The first-order chi connectivity index (χ1) is 9.06. The third kappa shape index (κ3) is 4.38. The van der Waals surface area contributed by atoms with E-state index < -0.39 is 29.7 Å². The maximum Gasteiger partial charge on any atom is 0.573 e. The van der Waals surface area contributed by atoms with Gasteiger partial charge in [0.2, 0.25) is 0 Å². The summed E-state index contributed by atoms with van der Waals surface area (Å²) in [5.41, 5.74) is -0.397. The Kier molecular flexibility index (Phi) is 5.05. The van der Waals surface area contributed by atoms with Gasteiger partial charge in [-0.2, -0.15) is 0 Å². The molecule has 3 nitrogen and oxygen atoms in total. The lowest BCUT2D eigenvalue weighted by molar-refractivity contribution is -0.275. The average molecular weight is 292 g/mol. The van der Waals surface area contributed by atoms with E-state index >= 15 is 0 Å². The van der Waals surface area contributed by atoms with Crippen molar-refractivity contribution in [3.8, 4) is 5.75 Å². The van der Waals surface area contributed by atoms with E-state index in [0.717, 1.165) is 0 Å². The maximum absolute atomic E-state index is 12.4. The van der Waals surface area contributed by atoms with E-state index in [2.05, 4.69) is 4.74 Å². The van der Waals surface area contributed by atoms with Crippen LogP contribution in [0.4, 0.5) is 13.2 Å². The van der Waals surface area contributed by atoms with Crippen LogP contribution in [0, 0.1) is 5.41 Å². The Morgan fingerprint density at radius 3 is 2.10 bits per heavy atom. The van der Waals surface area contributed by atoms with Gasteiger partial charge in [-0.3, -0.25) is 0 Å². The Balaban J connectivity index is 3.12. The number of methoxy groups -OCH3 is 1. The lowest BCUT2D eigenvalue weighted by Crippen LogP contribution is -2.34. The fourth-order valence-electron chi connectivity index (χ4n) is 2.06. The van der Waals surface area contributed by atoms with Gasteiger partial charge in [0.1, 0.15) is 11.9 Å². The van der Waals surface area contributed by atoms with Crippen molar-refractivity contribution in [1.82, 2.24) is 0 Å². The van der Waals surface area contributed by atoms with Gasteiger partial charge in [0.15, 0.2) is 0 Å². The lowest BCUT2D eigenvalue weighted by Gasteiger charge is -2.33. The molecule has 114 valence electrons. The quantitative estimate of drug-likeness (QED) is 0.920. The van der Waals surface area contributed by atoms with Gasteiger partial charge in [0.25, 0.3) is 0 Å². The van der Waals surface area contributed by atoms with Crippen LogP contribution in [0.1, 0.15) is 32.4 Å². The number of alkyl halides is 3. The highest BCUT2D eigenvalue weighted by molar-refractivity contribution is 5.36. The zero-order chi connectivity index (χ0) is 15.6. The van der Waals surface area contributed by atoms with E-state index in [0.29, 0.717) is 0 Å². The number of benzene rings is 1. The van der Waals surface area contributed by atoms with E-state index in [4.69, 9.17) is 4.74 Å². The third-order valence-corrected chi connectivity index (χ3v) is 2.86. The van der Waals surface area contributed by atoms with Gasteiger partial charge < -0.3 is 14.6 Å². The molecule has 0 aliphatic carbocycles. The second kappa shape index (κ2) is 6.01. The van der Waals surface area contributed by atoms with Crippen LogP contribution in [-0.2, 0) is 4.74 Å². The molecule has 2 unspecified atom stereocenters. The largest absolute Gasteiger partial charge is 0.573 e. The van der Waals surface area contributed by atoms with Gasteiger partial charge >= 0.3 is 6.36 Å². The molecule has 2 atom stereocenters. The molecule has 0 saturated carbocycles. The smallest absolute Gasteiger partial charge is 0.405 e. The molecule has 1 rings (SSSR count). The minimum Gasteiger partial charge on any atom is -0.405 e. The summed E-state index contributed by atoms with van der Waals surface area (Å²) < 4.78 is 46.3. The fourth-order valence-corrected chi connectivity index (χ4v) is 2.06. The normalized spacial score (nSPS) is 15.8. The van der Waals surface area contributed by atoms with Crippen LogP contribution in [0.15, 0.2) is 24.3 Å². The number of halogens is 3. The van der Waals surface area contributed by atoms with Crippen molar-refractivity contribution in [3.63, 3.8) is 0 Å². The predicted molar refractivity (Wildman–Crippen MR) is 68.3 cm³/mol. The van der Waals surface area contributed by atoms with E-state index in [9.17, 15) is 18.3 Å². The molecular weight excluding hydrogens is 273 g/mol. The number of hydrogen-bond acceptors (Lipinski definition) is 3. The molecule has 0 fully saturated rings. The van der Waals surface area contributed by atoms with Crippen molar-refractivity contribution in [1.29, 1.82) is 0 Å². The zero-order valence-electron chi connectivity index (χ0n) is 11.9. The summed E-state index contributed by atoms with van der Waals surface area (Å²) in [5, 5.41) is 10.3. The number of aliphatic hydroxyl groups excluding tert-OH is 1. The molecule has 20 heavy (non-hydrogen) atoms. The summed E-state index contributed by atoms with van der Waals surface area (Å²) in [4.78, 5) is 0. The molecule has 1 aromatic rings. The Morgan fingerprint density at radius 1 is 1.10 bits per heavy atom. The summed E-state index contributed by atoms with van der Waals surface area (Å²) in [6.07, 6.45) is -6.70. The molecule has 0 aliphatic heterocycles. The van der Waals surface area contributed by atoms with Crippen molar-refractivity contribution in [3.05, 3.63) is 29.8 Å². The molecule has 0 radical (unpaired) electrons. The minimum atomic E-state index is -4.81. The molecule has 0 saturated heterocycles. The number of aliphatic hydroxyl groups is 1. The van der Waals surface area contributed by atoms with Crippen LogP contribution >= 0.6 is 0 Å². The first-order valence-electron chi connectivity index (χ1n) is 6.12. The van der Waals surface area contributed by atoms with Gasteiger partial charge in [-0.15, -0.1) is 13.2 Å². The Morgan fingerprint density at radius 2 is 1.65 bits per heavy atom. The summed E-state index contributed by atoms with van der Waals surface area (Å²) in [6, 6.07) is 5.51. The van der Waals surface area contributed by atoms with E-state index in [1.807, 2.05) is 20.8 Å². The van der Waals surface area contributed by atoms with Crippen LogP contribution < -0.4 is 4.74 Å². The van der Waals surface area contributed by atoms with E-state index in [1.165, 1.54) is 31.4 Å². The molecule has 0 aliphatic rings. The van der Waals surface area contributed by atoms with Crippen LogP contribution in [-0.4, -0.2) is 24.7 Å². The van der Waals surface area contributed by atoms with Gasteiger partial charge in [-0.1, -0.05) is 39.0 Å². The van der Waals surface area contributed by atoms with E-state index in [1.54, 1.807) is 0 Å². The first kappa shape index (κ1) is 16.8. The summed E-state index contributed by atoms with van der Waals surface area (Å²) in [5.74, 6) is -0.418. The molecule has 0 aromatic heterocycles. The molecule has 0 amide bonds. The number of ether oxygens (including phenoxy) is 2. The van der Waals surface area contributed by atoms with Crippen molar-refractivity contribution in [2.45, 2.75) is 39.3 Å². The van der Waals surface area contributed by atoms with Crippen molar-refractivity contribution in [2.75, 3.05) is 7.11 Å². The molecule has 0 bridgehead atoms. The summed E-state index contributed by atoms with van der Waals surface area (Å²) in [7, 11) is 1.41. The van der Waals surface area contributed by atoms with Crippen LogP contribution in [0.25, 0.3) is 0 Å². The second-order valence-corrected chi connectivity index (χ2v) is 5.55. The molecule has 1 aromatic carbocycles. The molecule has 6 heteroatoms. The van der Waals surface area contributed by atoms with Crippen molar-refractivity contribution >= 4 is 0 Å². The molecule has 0 spiro atoms. The Hall–Kier alpha value is -1.27. The van der Waals surface area contributed by atoms with Crippen molar-refractivity contribution < 1.29 is 27.8 Å². The molecule has 0 heterocycles. The standard InChI is InChI=1S/C14H19F3O3/c1-13(2,3)12(19-4)11(18)9-7-5-6-8-10(9)20-14(15,16)17/h5-8,11-12,18H,1-4H3. The average Bonchev–Trinajstić information content (AvgIpc) is 2.26. The minimum absolute atomic E-state index is 0.0478. The highest BCUT2D eigenvalue weighted by atomic mass is 19.4. The van der Waals surface area contributed by atoms with Crippen LogP contribution in [0.3, 0.4) is 0 Å². The van der Waals surface area contributed by atoms with Crippen LogP contribution in [0.5, 0.6) is 5.75 Å². The maximum atomic E-state index is 12.4. The van der Waals surface area contributed by atoms with E-state index in [-0.39, 0.29) is 5.56 Å². The second-order valence-electron chi connectivity index (χ2n) is 5.55. The number of para-hydroxylation sites is 1. The van der Waals surface area contributed by atoms with Gasteiger partial charge in [0.05, 0.1) is 6.10 Å². The van der Waals surface area contributed by atoms with Gasteiger partial charge in [-0.05, 0) is 11.5 Å². The Labute approximate surface area is 116 Å². The number of rotatable bonds is 4.